The molecule has 5 aliphatic carbocycles. The third-order valence-electron chi connectivity index (χ3n) is 9.62. The highest BCUT2D eigenvalue weighted by molar-refractivity contribution is 5.36. The average molecular weight is 354 g/mol. The van der Waals surface area contributed by atoms with E-state index in [-0.39, 0.29) is 11.6 Å². The van der Waals surface area contributed by atoms with Crippen LogP contribution in [0.1, 0.15) is 64.7 Å². The minimum absolute atomic E-state index is 0.0585. The lowest BCUT2D eigenvalue weighted by Crippen LogP contribution is -2.55. The van der Waals surface area contributed by atoms with Crippen molar-refractivity contribution in [2.75, 3.05) is 6.61 Å². The summed E-state index contributed by atoms with van der Waals surface area (Å²) in [6, 6.07) is 0.0585. The Kier molecular flexibility index (Phi) is 3.27. The zero-order valence-corrected chi connectivity index (χ0v) is 16.0. The van der Waals surface area contributed by atoms with Crippen LogP contribution in [0.2, 0.25) is 0 Å². The first-order valence-electron chi connectivity index (χ1n) is 11.1. The third-order valence-corrected chi connectivity index (χ3v) is 9.62. The molecule has 1 heterocycles. The molecule has 3 nitrogen and oxygen atoms in total. The summed E-state index contributed by atoms with van der Waals surface area (Å²) in [6.07, 6.45) is 15.9. The van der Waals surface area contributed by atoms with Gasteiger partial charge in [-0.1, -0.05) is 35.4 Å². The van der Waals surface area contributed by atoms with E-state index in [1.165, 1.54) is 38.5 Å². The van der Waals surface area contributed by atoms with Gasteiger partial charge in [-0.25, -0.2) is 0 Å². The summed E-state index contributed by atoms with van der Waals surface area (Å²) in [7, 11) is 0. The predicted molar refractivity (Wildman–Crippen MR) is 102 cm³/mol. The number of hydrogen-bond acceptors (Lipinski definition) is 3. The van der Waals surface area contributed by atoms with Crippen LogP contribution < -0.4 is 0 Å². The summed E-state index contributed by atoms with van der Waals surface area (Å²) >= 11 is 0. The molecule has 26 heavy (non-hydrogen) atoms. The fraction of sp³-hybridized carbons (Fsp3) is 0.826. The van der Waals surface area contributed by atoms with E-state index in [1.807, 2.05) is 0 Å². The second kappa shape index (κ2) is 5.31. The number of fused-ring (bicyclic) bond motifs is 8. The van der Waals surface area contributed by atoms with Gasteiger partial charge in [-0.2, -0.15) is 4.91 Å². The molecule has 1 spiro atoms. The minimum Gasteiger partial charge on any atom is -0.366 e. The molecule has 8 atom stereocenters. The molecule has 3 fully saturated rings. The predicted octanol–water partition coefficient (Wildman–Crippen LogP) is 5.41. The Hall–Kier alpha value is -0.960. The lowest BCUT2D eigenvalue weighted by molar-refractivity contribution is -0.134. The van der Waals surface area contributed by atoms with Gasteiger partial charge < -0.3 is 4.74 Å². The lowest BCUT2D eigenvalue weighted by atomic mass is 9.49. The molecule has 140 valence electrons. The lowest BCUT2D eigenvalue weighted by Gasteiger charge is -2.57. The molecule has 6 rings (SSSR count). The van der Waals surface area contributed by atoms with E-state index in [9.17, 15) is 4.91 Å². The maximum atomic E-state index is 11.0. The van der Waals surface area contributed by atoms with Crippen LogP contribution in [0.15, 0.2) is 28.5 Å². The molecular weight excluding hydrogens is 322 g/mol. The zero-order chi connectivity index (χ0) is 17.5. The monoisotopic (exact) mass is 353 g/mol. The van der Waals surface area contributed by atoms with Crippen LogP contribution >= 0.6 is 0 Å². The van der Waals surface area contributed by atoms with Crippen LogP contribution in [-0.2, 0) is 4.74 Å². The van der Waals surface area contributed by atoms with Crippen molar-refractivity contribution in [3.05, 3.63) is 28.2 Å². The first-order valence-corrected chi connectivity index (χ1v) is 11.1. The van der Waals surface area contributed by atoms with Gasteiger partial charge in [0.1, 0.15) is 0 Å². The van der Waals surface area contributed by atoms with Gasteiger partial charge in [0, 0.05) is 5.41 Å². The van der Waals surface area contributed by atoms with Gasteiger partial charge >= 0.3 is 0 Å². The van der Waals surface area contributed by atoms with E-state index in [1.54, 1.807) is 11.1 Å². The summed E-state index contributed by atoms with van der Waals surface area (Å²) in [4.78, 5) is 11.0. The average Bonchev–Trinajstić information content (AvgIpc) is 3.26. The molecule has 0 aromatic heterocycles. The van der Waals surface area contributed by atoms with Crippen molar-refractivity contribution in [3.63, 3.8) is 0 Å². The minimum atomic E-state index is 0.0585. The summed E-state index contributed by atoms with van der Waals surface area (Å²) in [5, 5.41) is 3.38. The molecule has 1 aliphatic heterocycles. The second-order valence-electron chi connectivity index (χ2n) is 10.0. The fourth-order valence-corrected chi connectivity index (χ4v) is 8.77. The molecular formula is C23H31NO2. The highest BCUT2D eigenvalue weighted by atomic mass is 16.5. The van der Waals surface area contributed by atoms with Gasteiger partial charge in [0.2, 0.25) is 0 Å². The van der Waals surface area contributed by atoms with Gasteiger partial charge in [-0.15, -0.1) is 0 Å². The first kappa shape index (κ1) is 16.0. The number of nitrogens with zero attached hydrogens (tertiary/aromatic N) is 1. The third kappa shape index (κ3) is 1.75. The number of hydrogen-bond donors (Lipinski definition) is 0. The molecule has 3 saturated carbocycles. The van der Waals surface area contributed by atoms with E-state index in [0.717, 1.165) is 55.5 Å². The molecule has 0 radical (unpaired) electrons. The zero-order valence-electron chi connectivity index (χ0n) is 16.0. The van der Waals surface area contributed by atoms with Gasteiger partial charge in [-0.05, 0) is 87.4 Å². The van der Waals surface area contributed by atoms with Crippen LogP contribution in [0.5, 0.6) is 0 Å². The number of rotatable bonds is 2. The number of ether oxygens (including phenoxy) is 1. The molecule has 0 aromatic carbocycles. The largest absolute Gasteiger partial charge is 0.366 e. The molecule has 0 bridgehead atoms. The Balaban J connectivity index is 1.38. The Morgan fingerprint density at radius 1 is 1.23 bits per heavy atom. The maximum absolute atomic E-state index is 11.0. The quantitative estimate of drug-likeness (QED) is 0.492. The molecule has 0 amide bonds. The smallest absolute Gasteiger partial charge is 0.0959 e. The molecule has 6 unspecified atom stereocenters. The summed E-state index contributed by atoms with van der Waals surface area (Å²) in [5.41, 5.74) is 3.87. The van der Waals surface area contributed by atoms with Crippen LogP contribution in [0.25, 0.3) is 0 Å². The van der Waals surface area contributed by atoms with Crippen LogP contribution in [-0.4, -0.2) is 18.2 Å². The molecule has 0 saturated heterocycles. The number of nitroso groups, excluding NO2 is 1. The fourth-order valence-electron chi connectivity index (χ4n) is 8.77. The first-order chi connectivity index (χ1) is 12.7. The van der Waals surface area contributed by atoms with E-state index in [4.69, 9.17) is 4.74 Å². The second-order valence-corrected chi connectivity index (χ2v) is 10.0. The molecule has 0 aromatic rings. The van der Waals surface area contributed by atoms with Gasteiger partial charge in [0.15, 0.2) is 0 Å². The van der Waals surface area contributed by atoms with Crippen molar-refractivity contribution in [3.8, 4) is 0 Å². The summed E-state index contributed by atoms with van der Waals surface area (Å²) < 4.78 is 6.56. The highest BCUT2D eigenvalue weighted by Crippen LogP contribution is 2.78. The Bertz CT molecular complexity index is 711. The molecule has 3 heteroatoms. The van der Waals surface area contributed by atoms with Crippen LogP contribution in [0.4, 0.5) is 0 Å². The molecule has 6 aliphatic rings. The van der Waals surface area contributed by atoms with Crippen LogP contribution in [0.3, 0.4) is 0 Å². The van der Waals surface area contributed by atoms with Gasteiger partial charge in [-0.3, -0.25) is 0 Å². The van der Waals surface area contributed by atoms with Crippen molar-refractivity contribution < 1.29 is 4.74 Å². The van der Waals surface area contributed by atoms with E-state index >= 15 is 0 Å². The van der Waals surface area contributed by atoms with Gasteiger partial charge in [0.25, 0.3) is 0 Å². The van der Waals surface area contributed by atoms with E-state index < -0.39 is 0 Å². The topological polar surface area (TPSA) is 38.7 Å². The SMILES string of the molecule is CC[C@]12CCC3C4=C(CCC3C1C1CC1[C@@]21C=CCO1)CC(N=O)CC4. The standard InChI is InChI=1S/C23H31NO2/c1-2-22-10-8-17-16-7-5-15(24-25)12-14(16)4-6-18(17)21(22)19-13-20(19)23(22)9-3-11-26-23/h3,9,15,17-21H,2,4-8,10-13H2,1H3/t15?,17?,18?,19?,20?,21?,22-,23-/m0/s1. The van der Waals surface area contributed by atoms with Crippen molar-refractivity contribution in [2.45, 2.75) is 76.4 Å². The van der Waals surface area contributed by atoms with Crippen molar-refractivity contribution in [1.29, 1.82) is 0 Å². The normalized spacial score (nSPS) is 53.9. The van der Waals surface area contributed by atoms with Gasteiger partial charge in [0.05, 0.1) is 18.2 Å². The van der Waals surface area contributed by atoms with Crippen molar-refractivity contribution in [2.24, 2.45) is 40.2 Å². The van der Waals surface area contributed by atoms with Crippen molar-refractivity contribution >= 4 is 0 Å². The van der Waals surface area contributed by atoms with E-state index in [0.29, 0.717) is 5.41 Å². The summed E-state index contributed by atoms with van der Waals surface area (Å²) in [6.45, 7) is 3.27. The summed E-state index contributed by atoms with van der Waals surface area (Å²) in [5.74, 6) is 4.26. The molecule has 0 N–H and O–H groups in total. The number of allylic oxidation sites excluding steroid dienone is 1. The van der Waals surface area contributed by atoms with Crippen molar-refractivity contribution in [1.82, 2.24) is 0 Å². The highest BCUT2D eigenvalue weighted by Gasteiger charge is 2.77. The van der Waals surface area contributed by atoms with Crippen LogP contribution in [0, 0.1) is 39.9 Å². The Morgan fingerprint density at radius 3 is 2.92 bits per heavy atom. The maximum Gasteiger partial charge on any atom is 0.0959 e. The van der Waals surface area contributed by atoms with E-state index in [2.05, 4.69) is 24.3 Å². The Labute approximate surface area is 156 Å². The Morgan fingerprint density at radius 2 is 2.15 bits per heavy atom.